The molecule has 2 rings (SSSR count). The Morgan fingerprint density at radius 3 is 2.68 bits per heavy atom. The molecule has 1 aromatic carbocycles. The molecule has 2 aromatic rings. The second-order valence-electron chi connectivity index (χ2n) is 3.78. The van der Waals surface area contributed by atoms with Gasteiger partial charge in [-0.15, -0.1) is 0 Å². The van der Waals surface area contributed by atoms with E-state index in [0.29, 0.717) is 17.3 Å². The quantitative estimate of drug-likeness (QED) is 0.610. The molecule has 0 aliphatic heterocycles. The lowest BCUT2D eigenvalue weighted by atomic mass is 10.1. The number of carbonyl (C=O) groups is 1. The van der Waals surface area contributed by atoms with Gasteiger partial charge in [-0.05, 0) is 42.5 Å². The third-order valence-electron chi connectivity index (χ3n) is 2.62. The van der Waals surface area contributed by atoms with E-state index in [1.54, 1.807) is 50.6 Å². The van der Waals surface area contributed by atoms with Crippen molar-refractivity contribution in [2.75, 3.05) is 14.2 Å². The van der Waals surface area contributed by atoms with E-state index in [-0.39, 0.29) is 5.78 Å². The number of hydrogen-bond donors (Lipinski definition) is 0. The van der Waals surface area contributed by atoms with E-state index in [2.05, 4.69) is 0 Å². The van der Waals surface area contributed by atoms with Crippen molar-refractivity contribution in [3.05, 3.63) is 54.0 Å². The molecule has 98 valence electrons. The summed E-state index contributed by atoms with van der Waals surface area (Å²) in [7, 11) is 3.16. The number of carbonyl (C=O) groups excluding carboxylic acids is 1. The molecule has 4 heteroatoms. The van der Waals surface area contributed by atoms with E-state index < -0.39 is 0 Å². The molecule has 0 aliphatic carbocycles. The van der Waals surface area contributed by atoms with Crippen LogP contribution in [0.2, 0.25) is 0 Å². The molecule has 0 saturated heterocycles. The number of rotatable bonds is 5. The Balaban J connectivity index is 2.24. The fourth-order valence-corrected chi connectivity index (χ4v) is 1.64. The summed E-state index contributed by atoms with van der Waals surface area (Å²) in [6.07, 6.45) is 4.58. The number of hydrogen-bond acceptors (Lipinski definition) is 4. The van der Waals surface area contributed by atoms with Crippen LogP contribution in [0.5, 0.6) is 11.5 Å². The Kier molecular flexibility index (Phi) is 4.03. The maximum atomic E-state index is 11.8. The van der Waals surface area contributed by atoms with Crippen LogP contribution in [0.1, 0.15) is 16.1 Å². The Bertz CT molecular complexity index is 582. The first-order chi connectivity index (χ1) is 9.24. The van der Waals surface area contributed by atoms with Gasteiger partial charge < -0.3 is 13.9 Å². The van der Waals surface area contributed by atoms with Crippen LogP contribution >= 0.6 is 0 Å². The standard InChI is InChI=1S/C15H14O4/c1-17-12-6-8-14(18-2)11(10-12)5-7-13(16)15-4-3-9-19-15/h3-10H,1-2H3. The maximum absolute atomic E-state index is 11.8. The summed E-state index contributed by atoms with van der Waals surface area (Å²) in [6, 6.07) is 8.67. The number of ketones is 1. The van der Waals surface area contributed by atoms with E-state index in [1.165, 1.54) is 12.3 Å². The second-order valence-corrected chi connectivity index (χ2v) is 3.78. The Morgan fingerprint density at radius 1 is 1.21 bits per heavy atom. The van der Waals surface area contributed by atoms with Crippen LogP contribution < -0.4 is 9.47 Å². The number of allylic oxidation sites excluding steroid dienone is 1. The average Bonchev–Trinajstić information content (AvgIpc) is 2.98. The molecule has 0 aliphatic rings. The molecular weight excluding hydrogens is 244 g/mol. The zero-order chi connectivity index (χ0) is 13.7. The minimum atomic E-state index is -0.199. The van der Waals surface area contributed by atoms with Gasteiger partial charge in [-0.25, -0.2) is 0 Å². The van der Waals surface area contributed by atoms with E-state index in [9.17, 15) is 4.79 Å². The third-order valence-corrected chi connectivity index (χ3v) is 2.62. The highest BCUT2D eigenvalue weighted by Crippen LogP contribution is 2.25. The van der Waals surface area contributed by atoms with Crippen molar-refractivity contribution in [2.24, 2.45) is 0 Å². The zero-order valence-electron chi connectivity index (χ0n) is 10.8. The zero-order valence-corrected chi connectivity index (χ0v) is 10.8. The molecule has 1 heterocycles. The Hall–Kier alpha value is -2.49. The first-order valence-electron chi connectivity index (χ1n) is 5.72. The van der Waals surface area contributed by atoms with Crippen LogP contribution in [0.4, 0.5) is 0 Å². The van der Waals surface area contributed by atoms with Crippen molar-refractivity contribution in [1.29, 1.82) is 0 Å². The summed E-state index contributed by atoms with van der Waals surface area (Å²) in [5.41, 5.74) is 0.766. The molecule has 0 radical (unpaired) electrons. The van der Waals surface area contributed by atoms with Gasteiger partial charge in [0.15, 0.2) is 5.76 Å². The molecule has 0 amide bonds. The highest BCUT2D eigenvalue weighted by atomic mass is 16.5. The molecule has 0 saturated carbocycles. The molecule has 19 heavy (non-hydrogen) atoms. The van der Waals surface area contributed by atoms with Gasteiger partial charge >= 0.3 is 0 Å². The molecular formula is C15H14O4. The van der Waals surface area contributed by atoms with Gasteiger partial charge in [-0.1, -0.05) is 0 Å². The van der Waals surface area contributed by atoms with E-state index in [0.717, 1.165) is 5.56 Å². The largest absolute Gasteiger partial charge is 0.497 e. The molecule has 0 spiro atoms. The number of ether oxygens (including phenoxy) is 2. The predicted molar refractivity (Wildman–Crippen MR) is 71.6 cm³/mol. The highest BCUT2D eigenvalue weighted by Gasteiger charge is 2.06. The summed E-state index contributed by atoms with van der Waals surface area (Å²) in [5, 5.41) is 0. The predicted octanol–water partition coefficient (Wildman–Crippen LogP) is 3.19. The minimum Gasteiger partial charge on any atom is -0.497 e. The van der Waals surface area contributed by atoms with E-state index in [1.807, 2.05) is 0 Å². The summed E-state index contributed by atoms with van der Waals surface area (Å²) in [5.74, 6) is 1.48. The average molecular weight is 258 g/mol. The molecule has 0 fully saturated rings. The summed E-state index contributed by atoms with van der Waals surface area (Å²) in [6.45, 7) is 0. The van der Waals surface area contributed by atoms with Gasteiger partial charge in [0.25, 0.3) is 0 Å². The minimum absolute atomic E-state index is 0.199. The van der Waals surface area contributed by atoms with Gasteiger partial charge in [0.1, 0.15) is 11.5 Å². The normalized spacial score (nSPS) is 10.6. The second kappa shape index (κ2) is 5.91. The first kappa shape index (κ1) is 13.0. The lowest BCUT2D eigenvalue weighted by molar-refractivity contribution is 0.102. The van der Waals surface area contributed by atoms with Gasteiger partial charge in [-0.3, -0.25) is 4.79 Å². The van der Waals surface area contributed by atoms with Crippen molar-refractivity contribution < 1.29 is 18.7 Å². The molecule has 0 unspecified atom stereocenters. The molecule has 1 aromatic heterocycles. The molecule has 4 nitrogen and oxygen atoms in total. The van der Waals surface area contributed by atoms with Crippen LogP contribution in [0.3, 0.4) is 0 Å². The van der Waals surface area contributed by atoms with E-state index >= 15 is 0 Å². The highest BCUT2D eigenvalue weighted by molar-refractivity contribution is 6.05. The Labute approximate surface area is 111 Å². The van der Waals surface area contributed by atoms with Gasteiger partial charge in [-0.2, -0.15) is 0 Å². The van der Waals surface area contributed by atoms with Crippen molar-refractivity contribution in [3.63, 3.8) is 0 Å². The third kappa shape index (κ3) is 3.04. The number of furan rings is 1. The number of methoxy groups -OCH3 is 2. The van der Waals surface area contributed by atoms with Gasteiger partial charge in [0.05, 0.1) is 20.5 Å². The van der Waals surface area contributed by atoms with Crippen molar-refractivity contribution >= 4 is 11.9 Å². The molecule has 0 bridgehead atoms. The lowest BCUT2D eigenvalue weighted by Gasteiger charge is -2.06. The topological polar surface area (TPSA) is 48.7 Å². The fraction of sp³-hybridized carbons (Fsp3) is 0.133. The van der Waals surface area contributed by atoms with Crippen molar-refractivity contribution in [2.45, 2.75) is 0 Å². The van der Waals surface area contributed by atoms with Crippen LogP contribution in [-0.2, 0) is 0 Å². The fourth-order valence-electron chi connectivity index (χ4n) is 1.64. The van der Waals surface area contributed by atoms with Gasteiger partial charge in [0.2, 0.25) is 5.78 Å². The van der Waals surface area contributed by atoms with E-state index in [4.69, 9.17) is 13.9 Å². The first-order valence-corrected chi connectivity index (χ1v) is 5.72. The van der Waals surface area contributed by atoms with Crippen LogP contribution in [0.25, 0.3) is 6.08 Å². The monoisotopic (exact) mass is 258 g/mol. The van der Waals surface area contributed by atoms with Crippen molar-refractivity contribution in [1.82, 2.24) is 0 Å². The molecule has 0 N–H and O–H groups in total. The van der Waals surface area contributed by atoms with Crippen LogP contribution in [-0.4, -0.2) is 20.0 Å². The van der Waals surface area contributed by atoms with Crippen LogP contribution in [0, 0.1) is 0 Å². The lowest BCUT2D eigenvalue weighted by Crippen LogP contribution is -1.92. The van der Waals surface area contributed by atoms with Crippen LogP contribution in [0.15, 0.2) is 47.1 Å². The number of benzene rings is 1. The summed E-state index contributed by atoms with van der Waals surface area (Å²) in [4.78, 5) is 11.8. The smallest absolute Gasteiger partial charge is 0.221 e. The molecule has 0 atom stereocenters. The Morgan fingerprint density at radius 2 is 2.05 bits per heavy atom. The maximum Gasteiger partial charge on any atom is 0.221 e. The van der Waals surface area contributed by atoms with Gasteiger partial charge in [0, 0.05) is 5.56 Å². The summed E-state index contributed by atoms with van der Waals surface area (Å²) < 4.78 is 15.4. The summed E-state index contributed by atoms with van der Waals surface area (Å²) >= 11 is 0. The SMILES string of the molecule is COc1ccc(OC)c(C=CC(=O)c2ccco2)c1. The van der Waals surface area contributed by atoms with Crippen molar-refractivity contribution in [3.8, 4) is 11.5 Å².